The molecule has 0 atom stereocenters. The number of imidazole rings is 1. The van der Waals surface area contributed by atoms with E-state index in [2.05, 4.69) is 4.98 Å². The molecular formula is C12H14FN3. The van der Waals surface area contributed by atoms with Crippen molar-refractivity contribution in [3.63, 3.8) is 0 Å². The first kappa shape index (κ1) is 10.8. The van der Waals surface area contributed by atoms with Gasteiger partial charge in [0, 0.05) is 32.4 Å². The van der Waals surface area contributed by atoms with Crippen LogP contribution in [-0.4, -0.2) is 9.55 Å². The Morgan fingerprint density at radius 2 is 2.19 bits per heavy atom. The first-order chi connectivity index (χ1) is 7.70. The van der Waals surface area contributed by atoms with Gasteiger partial charge >= 0.3 is 0 Å². The van der Waals surface area contributed by atoms with Crippen molar-refractivity contribution < 1.29 is 4.39 Å². The second-order valence-electron chi connectivity index (χ2n) is 3.75. The molecule has 0 radical (unpaired) electrons. The third-order valence-corrected chi connectivity index (χ3v) is 2.66. The Labute approximate surface area is 93.7 Å². The summed E-state index contributed by atoms with van der Waals surface area (Å²) in [5.74, 6) is 0.668. The summed E-state index contributed by atoms with van der Waals surface area (Å²) in [5.41, 5.74) is 7.48. The number of nitrogens with two attached hydrogens (primary N) is 1. The molecule has 0 aliphatic rings. The Balaban J connectivity index is 2.33. The van der Waals surface area contributed by atoms with Gasteiger partial charge in [-0.3, -0.25) is 0 Å². The molecule has 2 aromatic rings. The smallest absolute Gasteiger partial charge is 0.123 e. The van der Waals surface area contributed by atoms with E-state index in [0.717, 1.165) is 17.0 Å². The highest BCUT2D eigenvalue weighted by atomic mass is 19.1. The fourth-order valence-electron chi connectivity index (χ4n) is 1.70. The highest BCUT2D eigenvalue weighted by Gasteiger charge is 2.06. The first-order valence-electron chi connectivity index (χ1n) is 5.14. The van der Waals surface area contributed by atoms with E-state index in [1.807, 2.05) is 17.8 Å². The molecule has 1 aromatic carbocycles. The molecule has 3 nitrogen and oxygen atoms in total. The zero-order chi connectivity index (χ0) is 11.5. The van der Waals surface area contributed by atoms with Gasteiger partial charge in [0.15, 0.2) is 0 Å². The van der Waals surface area contributed by atoms with Crippen molar-refractivity contribution in [3.05, 3.63) is 53.4 Å². The van der Waals surface area contributed by atoms with Crippen LogP contribution in [0.25, 0.3) is 0 Å². The van der Waals surface area contributed by atoms with E-state index in [1.165, 1.54) is 12.1 Å². The molecular weight excluding hydrogens is 205 g/mol. The number of halogens is 1. The average Bonchev–Trinajstić information content (AvgIpc) is 2.65. The van der Waals surface area contributed by atoms with Crippen LogP contribution in [-0.2, 0) is 20.0 Å². The van der Waals surface area contributed by atoms with Gasteiger partial charge in [0.2, 0.25) is 0 Å². The van der Waals surface area contributed by atoms with Crippen LogP contribution in [0.3, 0.4) is 0 Å². The van der Waals surface area contributed by atoms with Gasteiger partial charge in [0.1, 0.15) is 11.6 Å². The standard InChI is InChI=1S/C12H14FN3/c1-16-5-4-15-12(16)7-10-6-11(13)3-2-9(10)8-14/h2-6H,7-8,14H2,1H3. The van der Waals surface area contributed by atoms with Crippen LogP contribution in [0, 0.1) is 5.82 Å². The summed E-state index contributed by atoms with van der Waals surface area (Å²) >= 11 is 0. The first-order valence-corrected chi connectivity index (χ1v) is 5.14. The summed E-state index contributed by atoms with van der Waals surface area (Å²) in [5, 5.41) is 0. The minimum Gasteiger partial charge on any atom is -0.338 e. The lowest BCUT2D eigenvalue weighted by molar-refractivity contribution is 0.624. The molecule has 84 valence electrons. The number of rotatable bonds is 3. The molecule has 0 unspecified atom stereocenters. The molecule has 1 heterocycles. The molecule has 4 heteroatoms. The normalized spacial score (nSPS) is 10.7. The quantitative estimate of drug-likeness (QED) is 0.852. The highest BCUT2D eigenvalue weighted by molar-refractivity contribution is 5.30. The Hall–Kier alpha value is -1.68. The van der Waals surface area contributed by atoms with E-state index in [4.69, 9.17) is 5.73 Å². The fraction of sp³-hybridized carbons (Fsp3) is 0.250. The molecule has 0 amide bonds. The Kier molecular flexibility index (Phi) is 3.01. The van der Waals surface area contributed by atoms with Crippen molar-refractivity contribution in [2.75, 3.05) is 0 Å². The van der Waals surface area contributed by atoms with Gasteiger partial charge in [-0.15, -0.1) is 0 Å². The maximum Gasteiger partial charge on any atom is 0.123 e. The van der Waals surface area contributed by atoms with E-state index in [-0.39, 0.29) is 5.82 Å². The van der Waals surface area contributed by atoms with E-state index in [1.54, 1.807) is 12.3 Å². The second kappa shape index (κ2) is 4.45. The number of benzene rings is 1. The molecule has 0 aliphatic carbocycles. The number of nitrogens with zero attached hydrogens (tertiary/aromatic N) is 2. The Bertz CT molecular complexity index is 491. The number of hydrogen-bond donors (Lipinski definition) is 1. The molecule has 0 saturated heterocycles. The van der Waals surface area contributed by atoms with Crippen LogP contribution in [0.1, 0.15) is 17.0 Å². The van der Waals surface area contributed by atoms with Crippen molar-refractivity contribution in [1.29, 1.82) is 0 Å². The lowest BCUT2D eigenvalue weighted by atomic mass is 10.0. The van der Waals surface area contributed by atoms with Crippen molar-refractivity contribution >= 4 is 0 Å². The van der Waals surface area contributed by atoms with Gasteiger partial charge in [0.25, 0.3) is 0 Å². The van der Waals surface area contributed by atoms with Crippen LogP contribution < -0.4 is 5.73 Å². The lowest BCUT2D eigenvalue weighted by Gasteiger charge is -2.07. The minimum atomic E-state index is -0.235. The van der Waals surface area contributed by atoms with Gasteiger partial charge < -0.3 is 10.3 Å². The summed E-state index contributed by atoms with van der Waals surface area (Å²) < 4.78 is 15.1. The topological polar surface area (TPSA) is 43.8 Å². The van der Waals surface area contributed by atoms with E-state index in [0.29, 0.717) is 13.0 Å². The van der Waals surface area contributed by atoms with Crippen LogP contribution >= 0.6 is 0 Å². The molecule has 0 saturated carbocycles. The average molecular weight is 219 g/mol. The Morgan fingerprint density at radius 3 is 2.81 bits per heavy atom. The SMILES string of the molecule is Cn1ccnc1Cc1cc(F)ccc1CN. The molecule has 0 bridgehead atoms. The van der Waals surface area contributed by atoms with Crippen molar-refractivity contribution in [1.82, 2.24) is 9.55 Å². The summed E-state index contributed by atoms with van der Waals surface area (Å²) in [6.45, 7) is 0.417. The molecule has 16 heavy (non-hydrogen) atoms. The molecule has 0 spiro atoms. The van der Waals surface area contributed by atoms with Crippen LogP contribution in [0.4, 0.5) is 4.39 Å². The molecule has 2 N–H and O–H groups in total. The maximum absolute atomic E-state index is 13.1. The van der Waals surface area contributed by atoms with Crippen molar-refractivity contribution in [2.45, 2.75) is 13.0 Å². The van der Waals surface area contributed by atoms with Gasteiger partial charge in [-0.2, -0.15) is 0 Å². The predicted octanol–water partition coefficient (Wildman–Crippen LogP) is 1.61. The summed E-state index contributed by atoms with van der Waals surface area (Å²) in [4.78, 5) is 4.22. The molecule has 0 fully saturated rings. The minimum absolute atomic E-state index is 0.235. The van der Waals surface area contributed by atoms with Crippen molar-refractivity contribution in [2.24, 2.45) is 12.8 Å². The summed E-state index contributed by atoms with van der Waals surface area (Å²) in [6.07, 6.45) is 4.21. The van der Waals surface area contributed by atoms with Crippen LogP contribution in [0.15, 0.2) is 30.6 Å². The van der Waals surface area contributed by atoms with Crippen LogP contribution in [0.5, 0.6) is 0 Å². The third kappa shape index (κ3) is 2.12. The second-order valence-corrected chi connectivity index (χ2v) is 3.75. The van der Waals surface area contributed by atoms with Crippen LogP contribution in [0.2, 0.25) is 0 Å². The highest BCUT2D eigenvalue weighted by Crippen LogP contribution is 2.14. The van der Waals surface area contributed by atoms with E-state index < -0.39 is 0 Å². The zero-order valence-electron chi connectivity index (χ0n) is 9.15. The van der Waals surface area contributed by atoms with E-state index in [9.17, 15) is 4.39 Å². The number of aromatic nitrogens is 2. The molecule has 2 rings (SSSR count). The van der Waals surface area contributed by atoms with Gasteiger partial charge in [-0.05, 0) is 23.3 Å². The molecule has 1 aromatic heterocycles. The number of aryl methyl sites for hydroxylation is 1. The summed E-state index contributed by atoms with van der Waals surface area (Å²) in [6, 6.07) is 4.69. The fourth-order valence-corrected chi connectivity index (χ4v) is 1.70. The van der Waals surface area contributed by atoms with Gasteiger partial charge in [-0.1, -0.05) is 6.07 Å². The monoisotopic (exact) mass is 219 g/mol. The third-order valence-electron chi connectivity index (χ3n) is 2.66. The zero-order valence-corrected chi connectivity index (χ0v) is 9.15. The van der Waals surface area contributed by atoms with Crippen molar-refractivity contribution in [3.8, 4) is 0 Å². The summed E-state index contributed by atoms with van der Waals surface area (Å²) in [7, 11) is 1.92. The number of hydrogen-bond acceptors (Lipinski definition) is 2. The van der Waals surface area contributed by atoms with E-state index >= 15 is 0 Å². The Morgan fingerprint density at radius 1 is 1.38 bits per heavy atom. The molecule has 0 aliphatic heterocycles. The maximum atomic E-state index is 13.1. The predicted molar refractivity (Wildman–Crippen MR) is 60.3 cm³/mol. The largest absolute Gasteiger partial charge is 0.338 e. The lowest BCUT2D eigenvalue weighted by Crippen LogP contribution is -2.05. The van der Waals surface area contributed by atoms with Gasteiger partial charge in [0.05, 0.1) is 0 Å². The van der Waals surface area contributed by atoms with Gasteiger partial charge in [-0.25, -0.2) is 9.37 Å².